The third-order valence-corrected chi connectivity index (χ3v) is 6.41. The van der Waals surface area contributed by atoms with Crippen LogP contribution in [0.4, 0.5) is 5.69 Å². The second-order valence-electron chi connectivity index (χ2n) is 7.73. The minimum absolute atomic E-state index is 0.0330. The van der Waals surface area contributed by atoms with Gasteiger partial charge in [0.25, 0.3) is 0 Å². The molecule has 3 aliphatic rings. The van der Waals surface area contributed by atoms with Crippen LogP contribution in [0.5, 0.6) is 0 Å². The van der Waals surface area contributed by atoms with E-state index in [1.807, 2.05) is 49.4 Å². The summed E-state index contributed by atoms with van der Waals surface area (Å²) in [5.74, 6) is -0.554. The van der Waals surface area contributed by atoms with E-state index in [0.29, 0.717) is 0 Å². The number of nitrogens with zero attached hydrogens (tertiary/aromatic N) is 1. The lowest BCUT2D eigenvalue weighted by atomic mass is 9.85. The molecular weight excluding hydrogens is 334 g/mol. The van der Waals surface area contributed by atoms with Crippen molar-refractivity contribution < 1.29 is 9.59 Å². The van der Waals surface area contributed by atoms with Gasteiger partial charge in [-0.15, -0.1) is 0 Å². The van der Waals surface area contributed by atoms with Gasteiger partial charge in [0.2, 0.25) is 11.8 Å². The Balaban J connectivity index is 1.58. The lowest BCUT2D eigenvalue weighted by molar-refractivity contribution is -0.122. The third-order valence-electron chi connectivity index (χ3n) is 6.41. The predicted molar refractivity (Wildman–Crippen MR) is 106 cm³/mol. The highest BCUT2D eigenvalue weighted by molar-refractivity contribution is 6.23. The van der Waals surface area contributed by atoms with Gasteiger partial charge in [-0.2, -0.15) is 0 Å². The van der Waals surface area contributed by atoms with Crippen molar-refractivity contribution >= 4 is 23.1 Å². The molecule has 4 atom stereocenters. The van der Waals surface area contributed by atoms with Crippen LogP contribution in [0.25, 0.3) is 5.57 Å². The van der Waals surface area contributed by atoms with Crippen LogP contribution in [0, 0.1) is 30.6 Å². The van der Waals surface area contributed by atoms with Gasteiger partial charge in [0, 0.05) is 11.8 Å². The van der Waals surface area contributed by atoms with E-state index in [1.165, 1.54) is 21.6 Å². The largest absolute Gasteiger partial charge is 0.274 e. The topological polar surface area (TPSA) is 37.4 Å². The van der Waals surface area contributed by atoms with Crippen molar-refractivity contribution in [1.82, 2.24) is 0 Å². The average molecular weight is 355 g/mol. The molecule has 3 nitrogen and oxygen atoms in total. The maximum Gasteiger partial charge on any atom is 0.238 e. The highest BCUT2D eigenvalue weighted by Crippen LogP contribution is 2.58. The number of allylic oxidation sites excluding steroid dienone is 4. The van der Waals surface area contributed by atoms with Gasteiger partial charge in [-0.05, 0) is 36.6 Å². The van der Waals surface area contributed by atoms with E-state index in [2.05, 4.69) is 31.2 Å². The van der Waals surface area contributed by atoms with E-state index in [0.717, 1.165) is 11.3 Å². The monoisotopic (exact) mass is 355 g/mol. The van der Waals surface area contributed by atoms with Crippen molar-refractivity contribution in [3.8, 4) is 0 Å². The fourth-order valence-corrected chi connectivity index (χ4v) is 5.17. The van der Waals surface area contributed by atoms with Crippen LogP contribution in [0.2, 0.25) is 0 Å². The van der Waals surface area contributed by atoms with Crippen molar-refractivity contribution in [2.24, 2.45) is 23.7 Å². The van der Waals surface area contributed by atoms with E-state index in [9.17, 15) is 9.59 Å². The number of rotatable bonds is 2. The molecule has 0 N–H and O–H groups in total. The van der Waals surface area contributed by atoms with Crippen LogP contribution in [-0.2, 0) is 9.59 Å². The summed E-state index contributed by atoms with van der Waals surface area (Å²) in [6, 6.07) is 17.9. The molecule has 2 aromatic rings. The number of carbonyl (C=O) groups excluding carboxylic acids is 2. The number of aryl methyl sites for hydroxylation is 1. The summed E-state index contributed by atoms with van der Waals surface area (Å²) in [6.45, 7) is 4.06. The Bertz CT molecular complexity index is 984. The molecule has 1 saturated carbocycles. The zero-order valence-corrected chi connectivity index (χ0v) is 15.4. The van der Waals surface area contributed by atoms with Gasteiger partial charge >= 0.3 is 0 Å². The Morgan fingerprint density at radius 1 is 0.815 bits per heavy atom. The summed E-state index contributed by atoms with van der Waals surface area (Å²) < 4.78 is 0. The molecule has 2 aliphatic carbocycles. The van der Waals surface area contributed by atoms with Crippen molar-refractivity contribution in [1.29, 1.82) is 0 Å². The van der Waals surface area contributed by atoms with E-state index in [4.69, 9.17) is 0 Å². The van der Waals surface area contributed by atoms with Gasteiger partial charge in [0.15, 0.2) is 0 Å². The molecule has 3 heteroatoms. The summed E-state index contributed by atoms with van der Waals surface area (Å²) in [5.41, 5.74) is 5.31. The van der Waals surface area contributed by atoms with Gasteiger partial charge in [0.05, 0.1) is 17.5 Å². The SMILES string of the molecule is CC(=C1[C@H]2C=C[C@H]1[C@@H]1C(=O)N(c3ccccc3C)C(=O)[C@H]12)c1ccccc1. The lowest BCUT2D eigenvalue weighted by Crippen LogP contribution is -2.33. The number of hydrogen-bond acceptors (Lipinski definition) is 2. The molecule has 0 spiro atoms. The van der Waals surface area contributed by atoms with Crippen LogP contribution < -0.4 is 4.90 Å². The molecule has 1 heterocycles. The molecule has 1 saturated heterocycles. The second kappa shape index (κ2) is 5.78. The van der Waals surface area contributed by atoms with Gasteiger partial charge in [-0.25, -0.2) is 4.90 Å². The molecule has 2 aromatic carbocycles. The minimum Gasteiger partial charge on any atom is -0.274 e. The Morgan fingerprint density at radius 3 is 1.96 bits per heavy atom. The summed E-state index contributed by atoms with van der Waals surface area (Å²) >= 11 is 0. The highest BCUT2D eigenvalue weighted by Gasteiger charge is 2.62. The van der Waals surface area contributed by atoms with Crippen molar-refractivity contribution in [3.05, 3.63) is 83.4 Å². The molecule has 134 valence electrons. The minimum atomic E-state index is -0.263. The Morgan fingerprint density at radius 2 is 1.37 bits per heavy atom. The van der Waals surface area contributed by atoms with Crippen LogP contribution in [0.15, 0.2) is 72.3 Å². The van der Waals surface area contributed by atoms with Gasteiger partial charge < -0.3 is 0 Å². The van der Waals surface area contributed by atoms with Crippen molar-refractivity contribution in [3.63, 3.8) is 0 Å². The number of amides is 2. The fraction of sp³-hybridized carbons (Fsp3) is 0.250. The number of para-hydroxylation sites is 1. The fourth-order valence-electron chi connectivity index (χ4n) is 5.17. The maximum absolute atomic E-state index is 13.3. The van der Waals surface area contributed by atoms with Crippen LogP contribution in [-0.4, -0.2) is 11.8 Å². The van der Waals surface area contributed by atoms with E-state index in [1.54, 1.807) is 0 Å². The molecule has 0 aromatic heterocycles. The molecule has 2 amide bonds. The summed E-state index contributed by atoms with van der Waals surface area (Å²) in [4.78, 5) is 28.0. The highest BCUT2D eigenvalue weighted by atomic mass is 16.2. The van der Waals surface area contributed by atoms with Crippen LogP contribution in [0.1, 0.15) is 18.1 Å². The molecule has 1 aliphatic heterocycles. The molecule has 0 radical (unpaired) electrons. The van der Waals surface area contributed by atoms with Gasteiger partial charge in [-0.1, -0.05) is 66.3 Å². The van der Waals surface area contributed by atoms with E-state index >= 15 is 0 Å². The number of benzene rings is 2. The summed E-state index contributed by atoms with van der Waals surface area (Å²) in [7, 11) is 0. The Hall–Kier alpha value is -2.94. The molecular formula is C24H21NO2. The summed E-state index contributed by atoms with van der Waals surface area (Å²) in [5, 5.41) is 0. The number of fused-ring (bicyclic) bond motifs is 5. The zero-order chi connectivity index (χ0) is 18.7. The number of hydrogen-bond donors (Lipinski definition) is 0. The molecule has 27 heavy (non-hydrogen) atoms. The first-order valence-electron chi connectivity index (χ1n) is 9.47. The smallest absolute Gasteiger partial charge is 0.238 e. The average Bonchev–Trinajstić information content (AvgIpc) is 3.33. The van der Waals surface area contributed by atoms with Crippen molar-refractivity contribution in [2.45, 2.75) is 13.8 Å². The molecule has 0 unspecified atom stereocenters. The van der Waals surface area contributed by atoms with Crippen LogP contribution >= 0.6 is 0 Å². The van der Waals surface area contributed by atoms with E-state index < -0.39 is 0 Å². The quantitative estimate of drug-likeness (QED) is 0.592. The Labute approximate surface area is 159 Å². The van der Waals surface area contributed by atoms with E-state index in [-0.39, 0.29) is 35.5 Å². The first kappa shape index (κ1) is 16.2. The van der Waals surface area contributed by atoms with Crippen molar-refractivity contribution in [2.75, 3.05) is 4.90 Å². The van der Waals surface area contributed by atoms with Crippen LogP contribution in [0.3, 0.4) is 0 Å². The van der Waals surface area contributed by atoms with Gasteiger partial charge in [-0.3, -0.25) is 9.59 Å². The molecule has 2 fully saturated rings. The normalized spacial score (nSPS) is 28.2. The lowest BCUT2D eigenvalue weighted by Gasteiger charge is -2.21. The standard InChI is InChI=1S/C24H21NO2/c1-14-8-6-7-11-19(14)25-23(26)21-17-12-13-18(22(21)24(25)27)20(17)15(2)16-9-4-3-5-10-16/h3-13,17-18,21-22H,1-2H3/t17-,18-,21+,22+/m1/s1. The Kier molecular flexibility index (Phi) is 3.48. The third kappa shape index (κ3) is 2.14. The molecule has 2 bridgehead atoms. The molecule has 5 rings (SSSR count). The maximum atomic E-state index is 13.3. The summed E-state index contributed by atoms with van der Waals surface area (Å²) in [6.07, 6.45) is 4.28. The first-order chi connectivity index (χ1) is 13.1. The number of anilines is 1. The number of carbonyl (C=O) groups is 2. The number of imide groups is 1. The predicted octanol–water partition coefficient (Wildman–Crippen LogP) is 4.39. The zero-order valence-electron chi connectivity index (χ0n) is 15.4. The second-order valence-corrected chi connectivity index (χ2v) is 7.73. The first-order valence-corrected chi connectivity index (χ1v) is 9.47. The van der Waals surface area contributed by atoms with Gasteiger partial charge in [0.1, 0.15) is 0 Å².